The van der Waals surface area contributed by atoms with E-state index < -0.39 is 6.10 Å². The molecule has 0 aromatic heterocycles. The van der Waals surface area contributed by atoms with E-state index >= 15 is 0 Å². The van der Waals surface area contributed by atoms with Crippen LogP contribution in [0.25, 0.3) is 0 Å². The Morgan fingerprint density at radius 3 is 2.60 bits per heavy atom. The first kappa shape index (κ1) is 12.0. The van der Waals surface area contributed by atoms with Crippen molar-refractivity contribution in [3.05, 3.63) is 29.8 Å². The first-order valence-electron chi connectivity index (χ1n) is 5.17. The van der Waals surface area contributed by atoms with Gasteiger partial charge in [0.2, 0.25) is 0 Å². The molecule has 0 radical (unpaired) electrons. The van der Waals surface area contributed by atoms with E-state index in [1.165, 1.54) is 0 Å². The summed E-state index contributed by atoms with van der Waals surface area (Å²) in [5, 5.41) is 12.9. The summed E-state index contributed by atoms with van der Waals surface area (Å²) in [6.07, 6.45) is -0.455. The molecule has 0 fully saturated rings. The van der Waals surface area contributed by atoms with Gasteiger partial charge < -0.3 is 15.2 Å². The molecule has 1 aromatic carbocycles. The molecule has 2 atom stereocenters. The monoisotopic (exact) mass is 209 g/mol. The number of para-hydroxylation sites is 1. The minimum Gasteiger partial charge on any atom is -0.389 e. The second-order valence-electron chi connectivity index (χ2n) is 3.76. The van der Waals surface area contributed by atoms with Crippen molar-refractivity contribution in [1.29, 1.82) is 0 Å². The first-order valence-corrected chi connectivity index (χ1v) is 5.17. The average Bonchev–Trinajstić information content (AvgIpc) is 2.18. The molecule has 1 aromatic rings. The van der Waals surface area contributed by atoms with E-state index in [0.717, 1.165) is 11.3 Å². The van der Waals surface area contributed by atoms with E-state index in [0.29, 0.717) is 6.61 Å². The number of nitrogens with one attached hydrogen (secondary N) is 1. The van der Waals surface area contributed by atoms with Gasteiger partial charge in [-0.3, -0.25) is 0 Å². The summed E-state index contributed by atoms with van der Waals surface area (Å²) in [4.78, 5) is 0. The van der Waals surface area contributed by atoms with Crippen LogP contribution in [-0.2, 0) is 4.74 Å². The van der Waals surface area contributed by atoms with E-state index in [9.17, 15) is 5.11 Å². The van der Waals surface area contributed by atoms with Crippen LogP contribution in [0.1, 0.15) is 25.5 Å². The van der Waals surface area contributed by atoms with Gasteiger partial charge in [0.25, 0.3) is 0 Å². The highest BCUT2D eigenvalue weighted by molar-refractivity contribution is 5.52. The van der Waals surface area contributed by atoms with Gasteiger partial charge in [-0.2, -0.15) is 0 Å². The lowest BCUT2D eigenvalue weighted by molar-refractivity contribution is 0.189. The van der Waals surface area contributed by atoms with E-state index in [1.54, 1.807) is 14.0 Å². The van der Waals surface area contributed by atoms with Gasteiger partial charge in [0.05, 0.1) is 12.7 Å². The van der Waals surface area contributed by atoms with Gasteiger partial charge in [-0.05, 0) is 19.9 Å². The smallest absolute Gasteiger partial charge is 0.0781 e. The van der Waals surface area contributed by atoms with Crippen LogP contribution in [0, 0.1) is 0 Å². The normalized spacial score (nSPS) is 14.7. The molecule has 0 spiro atoms. The van der Waals surface area contributed by atoms with Crippen molar-refractivity contribution in [2.24, 2.45) is 0 Å². The number of methoxy groups -OCH3 is 1. The molecule has 84 valence electrons. The fourth-order valence-corrected chi connectivity index (χ4v) is 1.55. The van der Waals surface area contributed by atoms with E-state index in [-0.39, 0.29) is 6.04 Å². The van der Waals surface area contributed by atoms with Crippen molar-refractivity contribution in [1.82, 2.24) is 0 Å². The summed E-state index contributed by atoms with van der Waals surface area (Å²) in [5.74, 6) is 0. The SMILES string of the molecule is COCC(C)Nc1ccccc1C(C)O. The maximum Gasteiger partial charge on any atom is 0.0781 e. The van der Waals surface area contributed by atoms with Crippen molar-refractivity contribution in [2.75, 3.05) is 19.0 Å². The van der Waals surface area contributed by atoms with Gasteiger partial charge in [0, 0.05) is 24.4 Å². The zero-order chi connectivity index (χ0) is 11.3. The number of hydrogen-bond acceptors (Lipinski definition) is 3. The Bertz CT molecular complexity index is 299. The number of ether oxygens (including phenoxy) is 1. The van der Waals surface area contributed by atoms with E-state index in [2.05, 4.69) is 5.32 Å². The van der Waals surface area contributed by atoms with Crippen LogP contribution in [0.5, 0.6) is 0 Å². The van der Waals surface area contributed by atoms with E-state index in [1.807, 2.05) is 31.2 Å². The molecule has 3 nitrogen and oxygen atoms in total. The molecule has 0 saturated heterocycles. The molecule has 0 aliphatic carbocycles. The number of anilines is 1. The predicted octanol–water partition coefficient (Wildman–Crippen LogP) is 2.19. The molecular weight excluding hydrogens is 190 g/mol. The molecule has 0 aliphatic rings. The zero-order valence-corrected chi connectivity index (χ0v) is 9.53. The molecule has 0 aliphatic heterocycles. The number of aliphatic hydroxyl groups excluding tert-OH is 1. The molecule has 0 saturated carbocycles. The molecule has 0 heterocycles. The largest absolute Gasteiger partial charge is 0.389 e. The summed E-state index contributed by atoms with van der Waals surface area (Å²) in [7, 11) is 1.68. The van der Waals surface area contributed by atoms with Gasteiger partial charge >= 0.3 is 0 Å². The molecular formula is C12H19NO2. The van der Waals surface area contributed by atoms with Crippen LogP contribution in [0.3, 0.4) is 0 Å². The highest BCUT2D eigenvalue weighted by Crippen LogP contribution is 2.22. The summed E-state index contributed by atoms with van der Waals surface area (Å²) >= 11 is 0. The molecule has 0 bridgehead atoms. The third-order valence-electron chi connectivity index (χ3n) is 2.23. The third kappa shape index (κ3) is 3.53. The number of hydrogen-bond donors (Lipinski definition) is 2. The van der Waals surface area contributed by atoms with Crippen LogP contribution >= 0.6 is 0 Å². The minimum atomic E-state index is -0.455. The first-order chi connectivity index (χ1) is 7.15. The Morgan fingerprint density at radius 1 is 1.33 bits per heavy atom. The predicted molar refractivity (Wildman–Crippen MR) is 62.0 cm³/mol. The third-order valence-corrected chi connectivity index (χ3v) is 2.23. The maximum atomic E-state index is 9.58. The Balaban J connectivity index is 2.75. The second-order valence-corrected chi connectivity index (χ2v) is 3.76. The fourth-order valence-electron chi connectivity index (χ4n) is 1.55. The molecule has 1 rings (SSSR count). The number of benzene rings is 1. The molecule has 15 heavy (non-hydrogen) atoms. The van der Waals surface area contributed by atoms with Gasteiger partial charge in [-0.1, -0.05) is 18.2 Å². The van der Waals surface area contributed by atoms with Crippen LogP contribution in [0.4, 0.5) is 5.69 Å². The van der Waals surface area contributed by atoms with Gasteiger partial charge in [0.15, 0.2) is 0 Å². The topological polar surface area (TPSA) is 41.5 Å². The van der Waals surface area contributed by atoms with Crippen molar-refractivity contribution in [2.45, 2.75) is 26.0 Å². The van der Waals surface area contributed by atoms with Crippen molar-refractivity contribution in [3.8, 4) is 0 Å². The average molecular weight is 209 g/mol. The van der Waals surface area contributed by atoms with Crippen LogP contribution in [0.2, 0.25) is 0 Å². The lowest BCUT2D eigenvalue weighted by atomic mass is 10.1. The minimum absolute atomic E-state index is 0.231. The Kier molecular flexibility index (Phi) is 4.59. The highest BCUT2D eigenvalue weighted by atomic mass is 16.5. The van der Waals surface area contributed by atoms with Gasteiger partial charge in [0.1, 0.15) is 0 Å². The van der Waals surface area contributed by atoms with Crippen LogP contribution < -0.4 is 5.32 Å². The number of aliphatic hydroxyl groups is 1. The van der Waals surface area contributed by atoms with Crippen molar-refractivity contribution in [3.63, 3.8) is 0 Å². The van der Waals surface area contributed by atoms with Crippen LogP contribution in [-0.4, -0.2) is 24.9 Å². The number of rotatable bonds is 5. The molecule has 2 N–H and O–H groups in total. The maximum absolute atomic E-state index is 9.58. The Morgan fingerprint density at radius 2 is 2.00 bits per heavy atom. The highest BCUT2D eigenvalue weighted by Gasteiger charge is 2.08. The summed E-state index contributed by atoms with van der Waals surface area (Å²) < 4.78 is 5.05. The Labute approximate surface area is 91.1 Å². The molecule has 3 heteroatoms. The molecule has 0 amide bonds. The molecule has 2 unspecified atom stereocenters. The fraction of sp³-hybridized carbons (Fsp3) is 0.500. The summed E-state index contributed by atoms with van der Waals surface area (Å²) in [6, 6.07) is 8.00. The van der Waals surface area contributed by atoms with E-state index in [4.69, 9.17) is 4.74 Å². The van der Waals surface area contributed by atoms with Crippen molar-refractivity contribution >= 4 is 5.69 Å². The van der Waals surface area contributed by atoms with Gasteiger partial charge in [-0.25, -0.2) is 0 Å². The Hall–Kier alpha value is -1.06. The lowest BCUT2D eigenvalue weighted by Gasteiger charge is -2.18. The zero-order valence-electron chi connectivity index (χ0n) is 9.53. The second kappa shape index (κ2) is 5.73. The summed E-state index contributed by atoms with van der Waals surface area (Å²) in [5.41, 5.74) is 1.89. The standard InChI is InChI=1S/C12H19NO2/c1-9(8-15-3)13-12-7-5-4-6-11(12)10(2)14/h4-7,9-10,13-14H,8H2,1-3H3. The van der Waals surface area contributed by atoms with Crippen LogP contribution in [0.15, 0.2) is 24.3 Å². The lowest BCUT2D eigenvalue weighted by Crippen LogP contribution is -2.21. The van der Waals surface area contributed by atoms with Crippen molar-refractivity contribution < 1.29 is 9.84 Å². The quantitative estimate of drug-likeness (QED) is 0.781. The van der Waals surface area contributed by atoms with Gasteiger partial charge in [-0.15, -0.1) is 0 Å². The summed E-state index contributed by atoms with van der Waals surface area (Å²) in [6.45, 7) is 4.46.